The van der Waals surface area contributed by atoms with Gasteiger partial charge < -0.3 is 10.1 Å². The van der Waals surface area contributed by atoms with Gasteiger partial charge in [-0.3, -0.25) is 0 Å². The van der Waals surface area contributed by atoms with Crippen molar-refractivity contribution in [3.05, 3.63) is 29.8 Å². The molecule has 1 aliphatic rings. The molecule has 106 valence electrons. The molecule has 0 spiro atoms. The maximum Gasteiger partial charge on any atom is 0.118 e. The lowest BCUT2D eigenvalue weighted by atomic mass is 9.58. The lowest BCUT2D eigenvalue weighted by Gasteiger charge is -2.49. The van der Waals surface area contributed by atoms with Gasteiger partial charge in [0.1, 0.15) is 5.75 Å². The zero-order chi connectivity index (χ0) is 13.9. The molecule has 0 radical (unpaired) electrons. The summed E-state index contributed by atoms with van der Waals surface area (Å²) in [5, 5.41) is 3.63. The topological polar surface area (TPSA) is 21.3 Å². The van der Waals surface area contributed by atoms with Crippen LogP contribution in [-0.2, 0) is 5.41 Å². The zero-order valence-corrected chi connectivity index (χ0v) is 12.7. The van der Waals surface area contributed by atoms with E-state index in [2.05, 4.69) is 50.4 Å². The quantitative estimate of drug-likeness (QED) is 0.842. The first-order valence-electron chi connectivity index (χ1n) is 7.47. The fourth-order valence-electron chi connectivity index (χ4n) is 3.16. The summed E-state index contributed by atoms with van der Waals surface area (Å²) < 4.78 is 5.26. The first-order chi connectivity index (χ1) is 9.09. The number of ether oxygens (including phenoxy) is 1. The van der Waals surface area contributed by atoms with E-state index in [4.69, 9.17) is 4.74 Å². The highest BCUT2D eigenvalue weighted by Gasteiger charge is 2.44. The smallest absolute Gasteiger partial charge is 0.118 e. The highest BCUT2D eigenvalue weighted by Crippen LogP contribution is 2.49. The molecule has 0 aliphatic heterocycles. The van der Waals surface area contributed by atoms with E-state index in [-0.39, 0.29) is 0 Å². The highest BCUT2D eigenvalue weighted by molar-refractivity contribution is 5.35. The summed E-state index contributed by atoms with van der Waals surface area (Å²) in [5.74, 6) is 1.85. The van der Waals surface area contributed by atoms with Gasteiger partial charge in [0, 0.05) is 18.0 Å². The van der Waals surface area contributed by atoms with Gasteiger partial charge >= 0.3 is 0 Å². The Hall–Kier alpha value is -1.02. The van der Waals surface area contributed by atoms with Crippen LogP contribution in [0.3, 0.4) is 0 Å². The molecule has 1 aliphatic carbocycles. The Morgan fingerprint density at radius 1 is 1.26 bits per heavy atom. The molecule has 0 saturated heterocycles. The van der Waals surface area contributed by atoms with E-state index in [1.807, 2.05) is 0 Å². The molecule has 0 bridgehead atoms. The Labute approximate surface area is 117 Å². The molecule has 0 aromatic heterocycles. The molecule has 2 heteroatoms. The Morgan fingerprint density at radius 2 is 1.89 bits per heavy atom. The average Bonchev–Trinajstić information content (AvgIpc) is 2.38. The monoisotopic (exact) mass is 261 g/mol. The van der Waals surface area contributed by atoms with Gasteiger partial charge in [-0.1, -0.05) is 39.3 Å². The molecule has 0 unspecified atom stereocenters. The predicted octanol–water partition coefficient (Wildman–Crippen LogP) is 3.75. The van der Waals surface area contributed by atoms with Crippen molar-refractivity contribution >= 4 is 0 Å². The van der Waals surface area contributed by atoms with Gasteiger partial charge in [0.2, 0.25) is 0 Å². The predicted molar refractivity (Wildman–Crippen MR) is 80.8 cm³/mol. The molecule has 2 rings (SSSR count). The lowest BCUT2D eigenvalue weighted by Crippen LogP contribution is -2.49. The summed E-state index contributed by atoms with van der Waals surface area (Å²) in [7, 11) is 1.72. The van der Waals surface area contributed by atoms with E-state index >= 15 is 0 Å². The number of hydrogen-bond acceptors (Lipinski definition) is 2. The number of hydrogen-bond donors (Lipinski definition) is 1. The lowest BCUT2D eigenvalue weighted by molar-refractivity contribution is 0.131. The summed E-state index contributed by atoms with van der Waals surface area (Å²) in [6.07, 6.45) is 3.94. The number of benzene rings is 1. The van der Waals surface area contributed by atoms with Crippen molar-refractivity contribution < 1.29 is 4.74 Å². The van der Waals surface area contributed by atoms with Crippen molar-refractivity contribution in [3.8, 4) is 5.75 Å². The third-order valence-electron chi connectivity index (χ3n) is 4.49. The minimum atomic E-state index is 0.344. The Morgan fingerprint density at radius 3 is 2.37 bits per heavy atom. The van der Waals surface area contributed by atoms with E-state index < -0.39 is 0 Å². The van der Waals surface area contributed by atoms with Gasteiger partial charge in [-0.25, -0.2) is 0 Å². The molecular weight excluding hydrogens is 234 g/mol. The van der Waals surface area contributed by atoms with Crippen LogP contribution in [0.4, 0.5) is 0 Å². The fraction of sp³-hybridized carbons (Fsp3) is 0.647. The minimum Gasteiger partial charge on any atom is -0.497 e. The van der Waals surface area contributed by atoms with Crippen LogP contribution < -0.4 is 10.1 Å². The van der Waals surface area contributed by atoms with Gasteiger partial charge in [0.15, 0.2) is 0 Å². The van der Waals surface area contributed by atoms with Crippen molar-refractivity contribution in [1.82, 2.24) is 5.32 Å². The van der Waals surface area contributed by atoms with Crippen LogP contribution in [-0.4, -0.2) is 19.7 Å². The van der Waals surface area contributed by atoms with E-state index in [1.54, 1.807) is 7.11 Å². The van der Waals surface area contributed by atoms with Crippen LogP contribution in [0, 0.1) is 5.92 Å². The second-order valence-electron chi connectivity index (χ2n) is 6.23. The van der Waals surface area contributed by atoms with Crippen molar-refractivity contribution in [2.75, 3.05) is 13.7 Å². The van der Waals surface area contributed by atoms with Crippen LogP contribution >= 0.6 is 0 Å². The fourth-order valence-corrected chi connectivity index (χ4v) is 3.16. The molecule has 1 N–H and O–H groups in total. The highest BCUT2D eigenvalue weighted by atomic mass is 16.5. The molecule has 0 amide bonds. The summed E-state index contributed by atoms with van der Waals surface area (Å²) in [5.41, 5.74) is 1.81. The third-order valence-corrected chi connectivity index (χ3v) is 4.49. The second-order valence-corrected chi connectivity index (χ2v) is 6.23. The number of rotatable bonds is 6. The van der Waals surface area contributed by atoms with Crippen molar-refractivity contribution in [1.29, 1.82) is 0 Å². The van der Waals surface area contributed by atoms with Crippen molar-refractivity contribution in [3.63, 3.8) is 0 Å². The van der Waals surface area contributed by atoms with E-state index in [0.29, 0.717) is 11.5 Å². The maximum absolute atomic E-state index is 5.26. The Balaban J connectivity index is 2.13. The summed E-state index contributed by atoms with van der Waals surface area (Å²) >= 11 is 0. The summed E-state index contributed by atoms with van der Waals surface area (Å²) in [6, 6.07) is 9.22. The van der Waals surface area contributed by atoms with Crippen LogP contribution in [0.2, 0.25) is 0 Å². The number of methoxy groups -OCH3 is 1. The average molecular weight is 261 g/mol. The Kier molecular flexibility index (Phi) is 4.51. The van der Waals surface area contributed by atoms with E-state index in [0.717, 1.165) is 18.2 Å². The van der Waals surface area contributed by atoms with Gasteiger partial charge in [-0.05, 0) is 36.5 Å². The summed E-state index contributed by atoms with van der Waals surface area (Å²) in [4.78, 5) is 0. The van der Waals surface area contributed by atoms with E-state index in [9.17, 15) is 0 Å². The maximum atomic E-state index is 5.26. The Bertz CT molecular complexity index is 390. The molecule has 1 aromatic rings. The molecule has 0 atom stereocenters. The molecule has 0 heterocycles. The number of nitrogens with one attached hydrogen (secondary N) is 1. The standard InChI is InChI=1S/C17H27NO/c1-5-14-10-17(11-14,12-18-13(2)3)15-6-8-16(19-4)9-7-15/h6-9,13-14,18H,5,10-12H2,1-4H3. The molecule has 1 fully saturated rings. The normalized spacial score (nSPS) is 26.3. The zero-order valence-electron chi connectivity index (χ0n) is 12.7. The largest absolute Gasteiger partial charge is 0.497 e. The van der Waals surface area contributed by atoms with Crippen molar-refractivity contribution in [2.24, 2.45) is 5.92 Å². The van der Waals surface area contributed by atoms with Crippen LogP contribution in [0.5, 0.6) is 5.75 Å². The molecule has 1 aromatic carbocycles. The molecule has 2 nitrogen and oxygen atoms in total. The van der Waals surface area contributed by atoms with Crippen molar-refractivity contribution in [2.45, 2.75) is 51.5 Å². The third kappa shape index (κ3) is 3.11. The van der Waals surface area contributed by atoms with Crippen LogP contribution in [0.1, 0.15) is 45.6 Å². The van der Waals surface area contributed by atoms with Gasteiger partial charge in [0.05, 0.1) is 7.11 Å². The van der Waals surface area contributed by atoms with Crippen LogP contribution in [0.15, 0.2) is 24.3 Å². The first-order valence-corrected chi connectivity index (χ1v) is 7.47. The van der Waals surface area contributed by atoms with Gasteiger partial charge in [-0.15, -0.1) is 0 Å². The molecule has 19 heavy (non-hydrogen) atoms. The van der Waals surface area contributed by atoms with Gasteiger partial charge in [0.25, 0.3) is 0 Å². The minimum absolute atomic E-state index is 0.344. The SMILES string of the molecule is CCC1CC(CNC(C)C)(c2ccc(OC)cc2)C1. The second kappa shape index (κ2) is 5.96. The van der Waals surface area contributed by atoms with Gasteiger partial charge in [-0.2, -0.15) is 0 Å². The van der Waals surface area contributed by atoms with E-state index in [1.165, 1.54) is 24.8 Å². The first kappa shape index (κ1) is 14.4. The molecule has 1 saturated carbocycles. The molecular formula is C17H27NO. The van der Waals surface area contributed by atoms with Crippen LogP contribution in [0.25, 0.3) is 0 Å². The summed E-state index contributed by atoms with van der Waals surface area (Å²) in [6.45, 7) is 7.83.